The maximum absolute atomic E-state index is 11.1. The Labute approximate surface area is 96.3 Å². The minimum Gasteiger partial charge on any atom is -0.310 e. The summed E-state index contributed by atoms with van der Waals surface area (Å²) in [5.74, 6) is 0. The Hall–Kier alpha value is -0.520. The van der Waals surface area contributed by atoms with Gasteiger partial charge in [-0.25, -0.2) is 10.4 Å². The Morgan fingerprint density at radius 3 is 1.62 bits per heavy atom. The van der Waals surface area contributed by atoms with Crippen molar-refractivity contribution in [2.45, 2.75) is 6.92 Å². The molecule has 5 nitrogen and oxygen atoms in total. The minimum absolute atomic E-state index is 0. The number of hydrogen-bond donors (Lipinski definition) is 0. The SMILES string of the molecule is C[c-]1c(=O)n(C)c(=O)n(C)c1=O.[Na+]. The summed E-state index contributed by atoms with van der Waals surface area (Å²) in [6.07, 6.45) is 0. The molecule has 0 N–H and O–H groups in total. The van der Waals surface area contributed by atoms with Crippen molar-refractivity contribution in [3.05, 3.63) is 36.8 Å². The van der Waals surface area contributed by atoms with Gasteiger partial charge in [-0.2, -0.15) is 6.92 Å². The standard InChI is InChI=1S/C7H9N2O3.Na/c1-4-5(10)8(2)7(12)9(3)6(4)11;/h1-3H3;/q-1;+1. The zero-order valence-electron chi connectivity index (χ0n) is 8.12. The van der Waals surface area contributed by atoms with Gasteiger partial charge in [0.15, 0.2) is 0 Å². The first-order valence-corrected chi connectivity index (χ1v) is 3.40. The summed E-state index contributed by atoms with van der Waals surface area (Å²) < 4.78 is 1.83. The van der Waals surface area contributed by atoms with Gasteiger partial charge < -0.3 is 9.59 Å². The molecular weight excluding hydrogens is 183 g/mol. The smallest absolute Gasteiger partial charge is 0.310 e. The van der Waals surface area contributed by atoms with Gasteiger partial charge in [0.05, 0.1) is 0 Å². The van der Waals surface area contributed by atoms with Gasteiger partial charge in [-0.3, -0.25) is 9.13 Å². The van der Waals surface area contributed by atoms with E-state index in [2.05, 4.69) is 0 Å². The fourth-order valence-corrected chi connectivity index (χ4v) is 0.993. The van der Waals surface area contributed by atoms with E-state index in [1.807, 2.05) is 0 Å². The molecule has 66 valence electrons. The van der Waals surface area contributed by atoms with Crippen LogP contribution in [0, 0.1) is 6.92 Å². The van der Waals surface area contributed by atoms with Crippen LogP contribution >= 0.6 is 0 Å². The summed E-state index contributed by atoms with van der Waals surface area (Å²) in [5, 5.41) is 0. The second-order valence-corrected chi connectivity index (χ2v) is 2.64. The average Bonchev–Trinajstić information content (AvgIpc) is 2.08. The van der Waals surface area contributed by atoms with Crippen LogP contribution in [0.2, 0.25) is 0 Å². The third-order valence-electron chi connectivity index (χ3n) is 1.82. The molecule has 0 aliphatic heterocycles. The van der Waals surface area contributed by atoms with Crippen molar-refractivity contribution in [1.82, 2.24) is 9.13 Å². The Kier molecular flexibility index (Phi) is 3.96. The van der Waals surface area contributed by atoms with Crippen molar-refractivity contribution in [1.29, 1.82) is 0 Å². The van der Waals surface area contributed by atoms with E-state index in [-0.39, 0.29) is 35.1 Å². The number of hydrogen-bond acceptors (Lipinski definition) is 3. The van der Waals surface area contributed by atoms with Crippen LogP contribution in [0.5, 0.6) is 0 Å². The number of aromatic nitrogens is 2. The molecule has 0 spiro atoms. The summed E-state index contributed by atoms with van der Waals surface area (Å²) in [4.78, 5) is 33.3. The number of nitrogens with zero attached hydrogens (tertiary/aromatic N) is 2. The van der Waals surface area contributed by atoms with E-state index in [0.29, 0.717) is 0 Å². The van der Waals surface area contributed by atoms with Gasteiger partial charge in [-0.05, 0) is 0 Å². The Bertz CT molecular complexity index is 378. The topological polar surface area (TPSA) is 61.1 Å². The van der Waals surface area contributed by atoms with Crippen LogP contribution in [-0.2, 0) is 14.1 Å². The van der Waals surface area contributed by atoms with Crippen molar-refractivity contribution >= 4 is 0 Å². The third kappa shape index (κ3) is 1.87. The normalized spacial score (nSPS) is 9.46. The fourth-order valence-electron chi connectivity index (χ4n) is 0.993. The molecule has 13 heavy (non-hydrogen) atoms. The van der Waals surface area contributed by atoms with Crippen LogP contribution in [-0.4, -0.2) is 9.13 Å². The predicted molar refractivity (Wildman–Crippen MR) is 43.5 cm³/mol. The van der Waals surface area contributed by atoms with E-state index in [1.165, 1.54) is 21.0 Å². The maximum Gasteiger partial charge on any atom is 1.00 e. The van der Waals surface area contributed by atoms with E-state index < -0.39 is 16.8 Å². The first-order chi connectivity index (χ1) is 5.46. The van der Waals surface area contributed by atoms with Crippen molar-refractivity contribution < 1.29 is 29.6 Å². The maximum atomic E-state index is 11.1. The van der Waals surface area contributed by atoms with Gasteiger partial charge in [0.1, 0.15) is 11.1 Å². The van der Waals surface area contributed by atoms with Crippen LogP contribution in [0.1, 0.15) is 5.56 Å². The van der Waals surface area contributed by atoms with Gasteiger partial charge in [-0.1, -0.05) is 0 Å². The second kappa shape index (κ2) is 4.13. The summed E-state index contributed by atoms with van der Waals surface area (Å²) in [6, 6.07) is 0. The molecule has 0 amide bonds. The molecule has 0 fully saturated rings. The predicted octanol–water partition coefficient (Wildman–Crippen LogP) is -4.52. The first kappa shape index (κ1) is 12.5. The molecule has 0 saturated carbocycles. The molecule has 0 atom stereocenters. The molecule has 0 unspecified atom stereocenters. The Balaban J connectivity index is 0.00000144. The van der Waals surface area contributed by atoms with Gasteiger partial charge in [0.2, 0.25) is 0 Å². The quantitative estimate of drug-likeness (QED) is 0.307. The molecule has 0 aliphatic carbocycles. The molecule has 1 rings (SSSR count). The molecule has 0 radical (unpaired) electrons. The molecule has 1 aromatic rings. The van der Waals surface area contributed by atoms with Crippen LogP contribution in [0.4, 0.5) is 0 Å². The summed E-state index contributed by atoms with van der Waals surface area (Å²) in [5.41, 5.74) is -1.57. The van der Waals surface area contributed by atoms with E-state index in [9.17, 15) is 14.4 Å². The zero-order valence-corrected chi connectivity index (χ0v) is 10.1. The van der Waals surface area contributed by atoms with Crippen molar-refractivity contribution in [2.24, 2.45) is 14.1 Å². The Morgan fingerprint density at radius 1 is 1.00 bits per heavy atom. The van der Waals surface area contributed by atoms with Gasteiger partial charge in [-0.15, -0.1) is 0 Å². The van der Waals surface area contributed by atoms with Gasteiger partial charge in [0.25, 0.3) is 0 Å². The largest absolute Gasteiger partial charge is 1.00 e. The van der Waals surface area contributed by atoms with Crippen molar-refractivity contribution in [3.63, 3.8) is 0 Å². The minimum atomic E-state index is -0.587. The first-order valence-electron chi connectivity index (χ1n) is 3.40. The summed E-state index contributed by atoms with van der Waals surface area (Å²) in [6.45, 7) is 1.41. The van der Waals surface area contributed by atoms with E-state index >= 15 is 0 Å². The zero-order chi connectivity index (χ0) is 9.46. The molecule has 0 aromatic carbocycles. The molecule has 1 heterocycles. The average molecular weight is 192 g/mol. The van der Waals surface area contributed by atoms with Crippen LogP contribution in [0.3, 0.4) is 0 Å². The second-order valence-electron chi connectivity index (χ2n) is 2.64. The van der Waals surface area contributed by atoms with Gasteiger partial charge >= 0.3 is 35.2 Å². The fraction of sp³-hybridized carbons (Fsp3) is 0.429. The van der Waals surface area contributed by atoms with Crippen molar-refractivity contribution in [2.75, 3.05) is 0 Å². The third-order valence-corrected chi connectivity index (χ3v) is 1.82. The van der Waals surface area contributed by atoms with Crippen LogP contribution in [0.25, 0.3) is 0 Å². The Morgan fingerprint density at radius 2 is 1.31 bits per heavy atom. The summed E-state index contributed by atoms with van der Waals surface area (Å²) in [7, 11) is 2.69. The molecule has 0 saturated heterocycles. The van der Waals surface area contributed by atoms with Crippen LogP contribution < -0.4 is 46.4 Å². The molecule has 1 aromatic heterocycles. The molecular formula is C7H9N2NaO3. The van der Waals surface area contributed by atoms with Crippen LogP contribution in [0.15, 0.2) is 14.4 Å². The molecule has 0 bridgehead atoms. The van der Waals surface area contributed by atoms with E-state index in [0.717, 1.165) is 9.13 Å². The van der Waals surface area contributed by atoms with E-state index in [1.54, 1.807) is 0 Å². The molecule has 0 aliphatic rings. The summed E-state index contributed by atoms with van der Waals surface area (Å²) >= 11 is 0. The monoisotopic (exact) mass is 192 g/mol. The number of rotatable bonds is 0. The van der Waals surface area contributed by atoms with E-state index in [4.69, 9.17) is 0 Å². The molecule has 6 heteroatoms. The van der Waals surface area contributed by atoms with Crippen molar-refractivity contribution in [3.8, 4) is 0 Å². The van der Waals surface area contributed by atoms with Gasteiger partial charge in [0, 0.05) is 14.1 Å².